The predicted molar refractivity (Wildman–Crippen MR) is 53.8 cm³/mol. The van der Waals surface area contributed by atoms with E-state index in [1.807, 2.05) is 0 Å². The van der Waals surface area contributed by atoms with Crippen LogP contribution in [0.2, 0.25) is 0 Å². The lowest BCUT2D eigenvalue weighted by molar-refractivity contribution is 0.0991. The van der Waals surface area contributed by atoms with Crippen molar-refractivity contribution in [3.05, 3.63) is 0 Å². The molecule has 0 aromatic carbocycles. The maximum atomic E-state index is 5.62. The highest BCUT2D eigenvalue weighted by Crippen LogP contribution is 2.35. The molecule has 76 valence electrons. The molecule has 1 N–H and O–H groups in total. The van der Waals surface area contributed by atoms with E-state index in [0.29, 0.717) is 6.10 Å². The summed E-state index contributed by atoms with van der Waals surface area (Å²) in [5, 5.41) is 3.43. The molecule has 1 saturated carbocycles. The first-order valence-corrected chi connectivity index (χ1v) is 5.69. The van der Waals surface area contributed by atoms with E-state index in [4.69, 9.17) is 4.74 Å². The molecule has 1 saturated heterocycles. The molecule has 0 aromatic rings. The highest BCUT2D eigenvalue weighted by atomic mass is 16.5. The zero-order chi connectivity index (χ0) is 9.10. The zero-order valence-electron chi connectivity index (χ0n) is 8.59. The maximum absolute atomic E-state index is 5.62. The van der Waals surface area contributed by atoms with Crippen molar-refractivity contribution < 1.29 is 4.74 Å². The molecule has 2 heteroatoms. The van der Waals surface area contributed by atoms with Gasteiger partial charge in [0.05, 0.1) is 6.10 Å². The Hall–Kier alpha value is -0.0800. The van der Waals surface area contributed by atoms with Gasteiger partial charge in [0, 0.05) is 12.6 Å². The monoisotopic (exact) mass is 183 g/mol. The fourth-order valence-electron chi connectivity index (χ4n) is 2.35. The van der Waals surface area contributed by atoms with Crippen LogP contribution in [0.15, 0.2) is 0 Å². The van der Waals surface area contributed by atoms with E-state index >= 15 is 0 Å². The van der Waals surface area contributed by atoms with Gasteiger partial charge >= 0.3 is 0 Å². The third-order valence-corrected chi connectivity index (χ3v) is 3.39. The van der Waals surface area contributed by atoms with Crippen molar-refractivity contribution in [1.82, 2.24) is 5.32 Å². The van der Waals surface area contributed by atoms with Crippen LogP contribution < -0.4 is 5.32 Å². The van der Waals surface area contributed by atoms with Crippen LogP contribution >= 0.6 is 0 Å². The van der Waals surface area contributed by atoms with Gasteiger partial charge in [0.25, 0.3) is 0 Å². The van der Waals surface area contributed by atoms with Crippen LogP contribution in [0, 0.1) is 5.92 Å². The van der Waals surface area contributed by atoms with Crippen LogP contribution in [0.1, 0.15) is 38.5 Å². The van der Waals surface area contributed by atoms with E-state index in [-0.39, 0.29) is 0 Å². The Balaban J connectivity index is 1.64. The summed E-state index contributed by atoms with van der Waals surface area (Å²) in [6.07, 6.45) is 8.61. The lowest BCUT2D eigenvalue weighted by Gasteiger charge is -2.17. The van der Waals surface area contributed by atoms with Gasteiger partial charge in [-0.25, -0.2) is 0 Å². The highest BCUT2D eigenvalue weighted by molar-refractivity contribution is 4.86. The molecule has 1 aliphatic carbocycles. The third-order valence-electron chi connectivity index (χ3n) is 3.39. The molecule has 2 rings (SSSR count). The average molecular weight is 183 g/mol. The summed E-state index contributed by atoms with van der Waals surface area (Å²) in [5.74, 6) is 0.978. The normalized spacial score (nSPS) is 30.7. The Morgan fingerprint density at radius 2 is 2.23 bits per heavy atom. The molecule has 0 radical (unpaired) electrons. The highest BCUT2D eigenvalue weighted by Gasteiger charge is 2.30. The summed E-state index contributed by atoms with van der Waals surface area (Å²) in [6.45, 7) is 0.998. The second kappa shape index (κ2) is 4.43. The van der Waals surface area contributed by atoms with E-state index in [2.05, 4.69) is 12.4 Å². The minimum Gasteiger partial charge on any atom is -0.378 e. The molecule has 0 spiro atoms. The molecular weight excluding hydrogens is 162 g/mol. The smallest absolute Gasteiger partial charge is 0.0576 e. The second-order valence-corrected chi connectivity index (χ2v) is 4.44. The molecular formula is C11H21NO. The van der Waals surface area contributed by atoms with Crippen LogP contribution in [-0.2, 0) is 4.74 Å². The summed E-state index contributed by atoms with van der Waals surface area (Å²) in [5.41, 5.74) is 0. The van der Waals surface area contributed by atoms with Crippen LogP contribution in [0.5, 0.6) is 0 Å². The predicted octanol–water partition coefficient (Wildman–Crippen LogP) is 1.94. The van der Waals surface area contributed by atoms with E-state index in [1.54, 1.807) is 0 Å². The third kappa shape index (κ3) is 2.68. The number of nitrogens with one attached hydrogen (secondary N) is 1. The minimum absolute atomic E-state index is 0.578. The summed E-state index contributed by atoms with van der Waals surface area (Å²) in [6, 6.07) is 0.768. The topological polar surface area (TPSA) is 21.3 Å². The largest absolute Gasteiger partial charge is 0.378 e. The molecule has 2 aliphatic rings. The van der Waals surface area contributed by atoms with Gasteiger partial charge in [-0.15, -0.1) is 0 Å². The van der Waals surface area contributed by atoms with Crippen LogP contribution in [-0.4, -0.2) is 25.8 Å². The van der Waals surface area contributed by atoms with Crippen molar-refractivity contribution in [2.24, 2.45) is 5.92 Å². The van der Waals surface area contributed by atoms with E-state index in [9.17, 15) is 0 Å². The molecule has 1 heterocycles. The number of hydrogen-bond acceptors (Lipinski definition) is 2. The molecule has 0 amide bonds. The Bertz CT molecular complexity index is 150. The van der Waals surface area contributed by atoms with Crippen molar-refractivity contribution >= 4 is 0 Å². The lowest BCUT2D eigenvalue weighted by Crippen LogP contribution is -2.28. The van der Waals surface area contributed by atoms with Crippen LogP contribution in [0.4, 0.5) is 0 Å². The summed E-state index contributed by atoms with van der Waals surface area (Å²) < 4.78 is 5.62. The number of hydrogen-bond donors (Lipinski definition) is 1. The van der Waals surface area contributed by atoms with Crippen molar-refractivity contribution in [2.45, 2.75) is 50.7 Å². The quantitative estimate of drug-likeness (QED) is 0.703. The van der Waals surface area contributed by atoms with Gasteiger partial charge in [0.1, 0.15) is 0 Å². The average Bonchev–Trinajstić information content (AvgIpc) is 2.84. The van der Waals surface area contributed by atoms with Crippen LogP contribution in [0.25, 0.3) is 0 Å². The standard InChI is InChI=1S/C11H21NO/c1-12-11(9-4-5-9)7-6-10-3-2-8-13-10/h9-12H,2-8H2,1H3. The SMILES string of the molecule is CNC(CCC1CCCO1)C1CC1. The van der Waals surface area contributed by atoms with Crippen molar-refractivity contribution in [3.8, 4) is 0 Å². The molecule has 13 heavy (non-hydrogen) atoms. The second-order valence-electron chi connectivity index (χ2n) is 4.44. The Morgan fingerprint density at radius 1 is 1.38 bits per heavy atom. The van der Waals surface area contributed by atoms with E-state index in [0.717, 1.165) is 18.6 Å². The van der Waals surface area contributed by atoms with Gasteiger partial charge < -0.3 is 10.1 Å². The molecule has 1 aliphatic heterocycles. The van der Waals surface area contributed by atoms with Gasteiger partial charge in [-0.3, -0.25) is 0 Å². The Kier molecular flexibility index (Phi) is 3.23. The summed E-state index contributed by atoms with van der Waals surface area (Å²) >= 11 is 0. The lowest BCUT2D eigenvalue weighted by atomic mass is 10.0. The van der Waals surface area contributed by atoms with E-state index < -0.39 is 0 Å². The van der Waals surface area contributed by atoms with Crippen molar-refractivity contribution in [2.75, 3.05) is 13.7 Å². The fourth-order valence-corrected chi connectivity index (χ4v) is 2.35. The molecule has 2 nitrogen and oxygen atoms in total. The zero-order valence-corrected chi connectivity index (χ0v) is 8.59. The van der Waals surface area contributed by atoms with Gasteiger partial charge in [-0.05, 0) is 51.5 Å². The maximum Gasteiger partial charge on any atom is 0.0576 e. The van der Waals surface area contributed by atoms with Crippen LogP contribution in [0.3, 0.4) is 0 Å². The van der Waals surface area contributed by atoms with Crippen molar-refractivity contribution in [3.63, 3.8) is 0 Å². The molecule has 0 bridgehead atoms. The molecule has 2 atom stereocenters. The number of rotatable bonds is 5. The minimum atomic E-state index is 0.578. The number of ether oxygens (including phenoxy) is 1. The molecule has 2 unspecified atom stereocenters. The first kappa shape index (κ1) is 9.47. The Morgan fingerprint density at radius 3 is 2.77 bits per heavy atom. The van der Waals surface area contributed by atoms with Gasteiger partial charge in [0.15, 0.2) is 0 Å². The fraction of sp³-hybridized carbons (Fsp3) is 1.00. The Labute approximate surface area is 81.0 Å². The molecule has 2 fully saturated rings. The van der Waals surface area contributed by atoms with Gasteiger partial charge in [0.2, 0.25) is 0 Å². The first-order chi connectivity index (χ1) is 6.40. The van der Waals surface area contributed by atoms with Gasteiger partial charge in [-0.2, -0.15) is 0 Å². The summed E-state index contributed by atoms with van der Waals surface area (Å²) in [7, 11) is 2.10. The van der Waals surface area contributed by atoms with E-state index in [1.165, 1.54) is 38.5 Å². The van der Waals surface area contributed by atoms with Gasteiger partial charge in [-0.1, -0.05) is 0 Å². The molecule has 0 aromatic heterocycles. The first-order valence-electron chi connectivity index (χ1n) is 5.69. The summed E-state index contributed by atoms with van der Waals surface area (Å²) in [4.78, 5) is 0. The van der Waals surface area contributed by atoms with Crippen molar-refractivity contribution in [1.29, 1.82) is 0 Å².